The van der Waals surface area contributed by atoms with E-state index in [9.17, 15) is 19.2 Å². The maximum atomic E-state index is 12.3. The first kappa shape index (κ1) is 16.1. The lowest BCUT2D eigenvalue weighted by Gasteiger charge is -2.38. The topological polar surface area (TPSA) is 86.8 Å². The Morgan fingerprint density at radius 2 is 1.75 bits per heavy atom. The molecule has 1 aliphatic rings. The lowest BCUT2D eigenvalue weighted by molar-refractivity contribution is -0.154. The van der Waals surface area contributed by atoms with E-state index in [1.165, 1.54) is 25.7 Å². The molecule has 5 amide bonds. The summed E-state index contributed by atoms with van der Waals surface area (Å²) in [6.45, 7) is 8.97. The highest BCUT2D eigenvalue weighted by molar-refractivity contribution is 6.19. The van der Waals surface area contributed by atoms with Crippen molar-refractivity contribution < 1.29 is 19.2 Å². The number of imide groups is 2. The van der Waals surface area contributed by atoms with Crippen LogP contribution in [0.2, 0.25) is 0 Å². The first-order valence-electron chi connectivity index (χ1n) is 6.66. The predicted octanol–water partition coefficient (Wildman–Crippen LogP) is 0.348. The number of hydrogen-bond acceptors (Lipinski definition) is 4. The number of amides is 5. The molecule has 0 bridgehead atoms. The first-order valence-corrected chi connectivity index (χ1v) is 6.66. The first-order chi connectivity index (χ1) is 9.18. The molecule has 1 atom stereocenters. The Morgan fingerprint density at radius 3 is 2.20 bits per heavy atom. The second-order valence-electron chi connectivity index (χ2n) is 5.25. The van der Waals surface area contributed by atoms with Crippen LogP contribution in [0.25, 0.3) is 0 Å². The van der Waals surface area contributed by atoms with Gasteiger partial charge in [-0.15, -0.1) is 0 Å². The highest BCUT2D eigenvalue weighted by Gasteiger charge is 2.49. The van der Waals surface area contributed by atoms with Gasteiger partial charge in [0.05, 0.1) is 0 Å². The van der Waals surface area contributed by atoms with Gasteiger partial charge in [0.25, 0.3) is 0 Å². The molecule has 1 heterocycles. The second-order valence-corrected chi connectivity index (χ2v) is 5.25. The molecular formula is C13H21N3O4. The van der Waals surface area contributed by atoms with Crippen LogP contribution in [0.3, 0.4) is 0 Å². The van der Waals surface area contributed by atoms with Crippen molar-refractivity contribution in [3.05, 3.63) is 0 Å². The van der Waals surface area contributed by atoms with Gasteiger partial charge in [-0.25, -0.2) is 4.79 Å². The Labute approximate surface area is 118 Å². The van der Waals surface area contributed by atoms with E-state index in [2.05, 4.69) is 5.32 Å². The molecule has 0 aromatic rings. The highest BCUT2D eigenvalue weighted by Crippen LogP contribution is 2.25. The average molecular weight is 283 g/mol. The summed E-state index contributed by atoms with van der Waals surface area (Å²) < 4.78 is 0. The van der Waals surface area contributed by atoms with Crippen molar-refractivity contribution in [1.29, 1.82) is 0 Å². The van der Waals surface area contributed by atoms with Crippen LogP contribution in [0.4, 0.5) is 4.79 Å². The lowest BCUT2D eigenvalue weighted by atomic mass is 9.88. The van der Waals surface area contributed by atoms with Crippen LogP contribution in [0.15, 0.2) is 0 Å². The summed E-state index contributed by atoms with van der Waals surface area (Å²) in [4.78, 5) is 50.4. The summed E-state index contributed by atoms with van der Waals surface area (Å²) >= 11 is 0. The van der Waals surface area contributed by atoms with Gasteiger partial charge in [-0.3, -0.25) is 24.6 Å². The quantitative estimate of drug-likeness (QED) is 0.754. The molecule has 1 N–H and O–H groups in total. The van der Waals surface area contributed by atoms with E-state index < -0.39 is 29.3 Å². The SMILES string of the molecule is CCN(CC)C(=O)C(C)N1C(=O)NC(=O)C(C)(C)C1=O. The zero-order chi connectivity index (χ0) is 15.7. The van der Waals surface area contributed by atoms with Crippen molar-refractivity contribution in [2.45, 2.75) is 40.7 Å². The summed E-state index contributed by atoms with van der Waals surface area (Å²) in [5, 5.41) is 2.12. The number of carbonyl (C=O) groups is 4. The number of urea groups is 1. The summed E-state index contributed by atoms with van der Waals surface area (Å²) in [6.07, 6.45) is 0. The number of rotatable bonds is 4. The Balaban J connectivity index is 3.05. The van der Waals surface area contributed by atoms with Crippen molar-refractivity contribution >= 4 is 23.8 Å². The van der Waals surface area contributed by atoms with E-state index in [1.807, 2.05) is 13.8 Å². The molecule has 1 aliphatic heterocycles. The molecule has 0 saturated carbocycles. The largest absolute Gasteiger partial charge is 0.341 e. The van der Waals surface area contributed by atoms with E-state index in [0.717, 1.165) is 4.90 Å². The van der Waals surface area contributed by atoms with Crippen molar-refractivity contribution in [2.24, 2.45) is 5.41 Å². The van der Waals surface area contributed by atoms with Crippen LogP contribution in [0.1, 0.15) is 34.6 Å². The highest BCUT2D eigenvalue weighted by atomic mass is 16.2. The van der Waals surface area contributed by atoms with E-state index in [-0.39, 0.29) is 5.91 Å². The Kier molecular flexibility index (Phi) is 4.52. The number of likely N-dealkylation sites (N-methyl/N-ethyl adjacent to an activating group) is 1. The zero-order valence-corrected chi connectivity index (χ0v) is 12.5. The van der Waals surface area contributed by atoms with Crippen LogP contribution in [0.5, 0.6) is 0 Å². The van der Waals surface area contributed by atoms with Crippen LogP contribution < -0.4 is 5.32 Å². The number of hydrogen-bond donors (Lipinski definition) is 1. The minimum atomic E-state index is -1.36. The molecular weight excluding hydrogens is 262 g/mol. The molecule has 1 unspecified atom stereocenters. The van der Waals surface area contributed by atoms with Crippen molar-refractivity contribution in [3.63, 3.8) is 0 Å². The van der Waals surface area contributed by atoms with Gasteiger partial charge in [0, 0.05) is 13.1 Å². The van der Waals surface area contributed by atoms with Crippen molar-refractivity contribution in [2.75, 3.05) is 13.1 Å². The van der Waals surface area contributed by atoms with Gasteiger partial charge < -0.3 is 4.90 Å². The van der Waals surface area contributed by atoms with Gasteiger partial charge in [0.2, 0.25) is 17.7 Å². The normalized spacial score (nSPS) is 19.6. The Bertz CT molecular complexity index is 455. The van der Waals surface area contributed by atoms with Crippen LogP contribution >= 0.6 is 0 Å². The maximum absolute atomic E-state index is 12.3. The third-order valence-corrected chi connectivity index (χ3v) is 3.58. The standard InChI is InChI=1S/C13H21N3O4/c1-6-15(7-2)9(17)8(3)16-11(19)13(4,5)10(18)14-12(16)20/h8H,6-7H2,1-5H3,(H,14,18,20). The van der Waals surface area contributed by atoms with Crippen molar-refractivity contribution in [3.8, 4) is 0 Å². The Hall–Kier alpha value is -1.92. The molecule has 0 aromatic carbocycles. The van der Waals surface area contributed by atoms with Gasteiger partial charge in [-0.2, -0.15) is 0 Å². The minimum absolute atomic E-state index is 0.316. The molecule has 20 heavy (non-hydrogen) atoms. The van der Waals surface area contributed by atoms with Gasteiger partial charge in [-0.05, 0) is 34.6 Å². The fraction of sp³-hybridized carbons (Fsp3) is 0.692. The monoisotopic (exact) mass is 283 g/mol. The number of nitrogens with zero attached hydrogens (tertiary/aromatic N) is 2. The summed E-state index contributed by atoms with van der Waals surface area (Å²) in [5.74, 6) is -1.62. The van der Waals surface area contributed by atoms with Gasteiger partial charge in [-0.1, -0.05) is 0 Å². The van der Waals surface area contributed by atoms with Gasteiger partial charge in [0.15, 0.2) is 0 Å². The van der Waals surface area contributed by atoms with E-state index >= 15 is 0 Å². The molecule has 112 valence electrons. The molecule has 7 heteroatoms. The molecule has 1 fully saturated rings. The fourth-order valence-corrected chi connectivity index (χ4v) is 2.07. The molecule has 7 nitrogen and oxygen atoms in total. The third kappa shape index (κ3) is 2.52. The number of carbonyl (C=O) groups excluding carboxylic acids is 4. The molecule has 1 saturated heterocycles. The van der Waals surface area contributed by atoms with Crippen LogP contribution in [0, 0.1) is 5.41 Å². The number of barbiturate groups is 1. The van der Waals surface area contributed by atoms with Crippen LogP contribution in [-0.4, -0.2) is 52.7 Å². The predicted molar refractivity (Wildman–Crippen MR) is 71.6 cm³/mol. The number of nitrogens with one attached hydrogen (secondary N) is 1. The molecule has 0 aromatic heterocycles. The lowest BCUT2D eigenvalue weighted by Crippen LogP contribution is -2.66. The van der Waals surface area contributed by atoms with Crippen molar-refractivity contribution in [1.82, 2.24) is 15.1 Å². The molecule has 0 spiro atoms. The molecule has 0 radical (unpaired) electrons. The fourth-order valence-electron chi connectivity index (χ4n) is 2.07. The summed E-state index contributed by atoms with van der Waals surface area (Å²) in [5.41, 5.74) is -1.36. The molecule has 0 aliphatic carbocycles. The summed E-state index contributed by atoms with van der Waals surface area (Å²) in [6, 6.07) is -1.78. The zero-order valence-electron chi connectivity index (χ0n) is 12.5. The van der Waals surface area contributed by atoms with E-state index in [4.69, 9.17) is 0 Å². The second kappa shape index (κ2) is 5.60. The van der Waals surface area contributed by atoms with Gasteiger partial charge in [0.1, 0.15) is 11.5 Å². The maximum Gasteiger partial charge on any atom is 0.331 e. The average Bonchev–Trinajstić information content (AvgIpc) is 2.38. The third-order valence-electron chi connectivity index (χ3n) is 3.58. The van der Waals surface area contributed by atoms with Gasteiger partial charge >= 0.3 is 6.03 Å². The molecule has 1 rings (SSSR count). The van der Waals surface area contributed by atoms with E-state index in [0.29, 0.717) is 13.1 Å². The minimum Gasteiger partial charge on any atom is -0.341 e. The van der Waals surface area contributed by atoms with E-state index in [1.54, 1.807) is 0 Å². The summed E-state index contributed by atoms with van der Waals surface area (Å²) in [7, 11) is 0. The van der Waals surface area contributed by atoms with Crippen LogP contribution in [-0.2, 0) is 14.4 Å². The smallest absolute Gasteiger partial charge is 0.331 e. The Morgan fingerprint density at radius 1 is 1.25 bits per heavy atom.